The third-order valence-electron chi connectivity index (χ3n) is 10.8. The average molecular weight is 731 g/mol. The maximum atomic E-state index is 14.6. The Bertz CT molecular complexity index is 2530. The van der Waals surface area contributed by atoms with Gasteiger partial charge in [0.15, 0.2) is 0 Å². The van der Waals surface area contributed by atoms with Crippen molar-refractivity contribution >= 4 is 38.9 Å². The molecule has 0 unspecified atom stereocenters. The topological polar surface area (TPSA) is 33.5 Å². The first kappa shape index (κ1) is 36.4. The molecule has 5 aromatic carbocycles. The van der Waals surface area contributed by atoms with Crippen LogP contribution in [0, 0.1) is 5.82 Å². The Morgan fingerprint density at radius 1 is 0.600 bits per heavy atom. The van der Waals surface area contributed by atoms with Crippen molar-refractivity contribution in [1.82, 2.24) is 9.55 Å². The summed E-state index contributed by atoms with van der Waals surface area (Å²) in [6.07, 6.45) is 1.85. The van der Waals surface area contributed by atoms with E-state index in [2.05, 4.69) is 149 Å². The lowest BCUT2D eigenvalue weighted by atomic mass is 9.79. The number of anilines is 3. The molecule has 6 heteroatoms. The first-order valence-corrected chi connectivity index (χ1v) is 19.3. The zero-order valence-corrected chi connectivity index (χ0v) is 33.5. The third kappa shape index (κ3) is 7.06. The van der Waals surface area contributed by atoms with E-state index in [4.69, 9.17) is 9.72 Å². The van der Waals surface area contributed by atoms with E-state index in [0.717, 1.165) is 52.3 Å². The molecule has 0 radical (unpaired) electrons. The van der Waals surface area contributed by atoms with Crippen molar-refractivity contribution in [2.45, 2.75) is 85.1 Å². The summed E-state index contributed by atoms with van der Waals surface area (Å²) < 4.78 is 23.4. The molecule has 1 aliphatic heterocycles. The van der Waals surface area contributed by atoms with Crippen LogP contribution in [0.3, 0.4) is 0 Å². The Morgan fingerprint density at radius 2 is 1.29 bits per heavy atom. The van der Waals surface area contributed by atoms with Crippen LogP contribution in [0.4, 0.5) is 21.5 Å². The Hall–Kier alpha value is -5.62. The quantitative estimate of drug-likeness (QED) is 0.171. The van der Waals surface area contributed by atoms with E-state index < -0.39 is 0 Å². The lowest BCUT2D eigenvalue weighted by Crippen LogP contribution is -2.28. The predicted octanol–water partition coefficient (Wildman–Crippen LogP) is 13.1. The predicted molar refractivity (Wildman–Crippen MR) is 227 cm³/mol. The zero-order valence-electron chi connectivity index (χ0n) is 33.5. The Kier molecular flexibility index (Phi) is 8.79. The van der Waals surface area contributed by atoms with Crippen LogP contribution in [0.25, 0.3) is 27.6 Å². The molecule has 0 spiro atoms. The molecule has 1 aliphatic rings. The van der Waals surface area contributed by atoms with E-state index >= 15 is 0 Å². The van der Waals surface area contributed by atoms with Gasteiger partial charge in [-0.3, -0.25) is 4.57 Å². The van der Waals surface area contributed by atoms with Crippen molar-refractivity contribution in [3.05, 3.63) is 150 Å². The molecular formula is C49H51FN4O. The van der Waals surface area contributed by atoms with E-state index in [1.807, 2.05) is 36.5 Å². The molecule has 0 saturated carbocycles. The number of pyridine rings is 1. The molecule has 0 aliphatic carbocycles. The second kappa shape index (κ2) is 13.3. The van der Waals surface area contributed by atoms with Crippen LogP contribution in [0.1, 0.15) is 84.6 Å². The molecule has 0 saturated heterocycles. The van der Waals surface area contributed by atoms with Gasteiger partial charge in [0, 0.05) is 41.3 Å². The van der Waals surface area contributed by atoms with Crippen molar-refractivity contribution in [3.8, 4) is 17.3 Å². The van der Waals surface area contributed by atoms with Gasteiger partial charge in [0.25, 0.3) is 0 Å². The van der Waals surface area contributed by atoms with Gasteiger partial charge in [-0.05, 0) is 105 Å². The summed E-state index contributed by atoms with van der Waals surface area (Å²) in [6.45, 7) is 21.9. The molecule has 280 valence electrons. The Labute approximate surface area is 325 Å². The molecule has 55 heavy (non-hydrogen) atoms. The molecule has 7 aromatic rings. The molecular weight excluding hydrogens is 680 g/mol. The maximum absolute atomic E-state index is 14.6. The molecule has 0 fully saturated rings. The number of ether oxygens (including phenoxy) is 1. The van der Waals surface area contributed by atoms with Gasteiger partial charge in [0.05, 0.1) is 29.1 Å². The minimum absolute atomic E-state index is 0.0537. The molecule has 8 rings (SSSR count). The highest BCUT2D eigenvalue weighted by atomic mass is 19.1. The van der Waals surface area contributed by atoms with Crippen LogP contribution in [-0.4, -0.2) is 16.2 Å². The molecule has 0 bridgehead atoms. The lowest BCUT2D eigenvalue weighted by Gasteiger charge is -2.28. The van der Waals surface area contributed by atoms with Gasteiger partial charge in [-0.25, -0.2) is 9.37 Å². The number of para-hydroxylation sites is 2. The Balaban J connectivity index is 1.12. The van der Waals surface area contributed by atoms with Gasteiger partial charge in [-0.15, -0.1) is 0 Å². The molecule has 2 aromatic heterocycles. The fourth-order valence-electron chi connectivity index (χ4n) is 7.65. The number of fused-ring (bicyclic) bond motifs is 4. The number of nitrogens with zero attached hydrogens (tertiary/aromatic N) is 4. The summed E-state index contributed by atoms with van der Waals surface area (Å²) in [5.41, 5.74) is 10.5. The summed E-state index contributed by atoms with van der Waals surface area (Å²) in [7, 11) is 0. The van der Waals surface area contributed by atoms with Crippen molar-refractivity contribution in [1.29, 1.82) is 0 Å². The smallest absolute Gasteiger partial charge is 0.137 e. The Morgan fingerprint density at radius 3 is 2.00 bits per heavy atom. The van der Waals surface area contributed by atoms with E-state index in [0.29, 0.717) is 5.75 Å². The van der Waals surface area contributed by atoms with E-state index in [-0.39, 0.29) is 22.1 Å². The second-order valence-electron chi connectivity index (χ2n) is 18.1. The SMILES string of the molecule is CC(C)(C)c1cc(CN2CN(c3cccc(Oc4ccc5c6cc(F)ccc6n(-c6cc(C(C)(C)C)ccn6)c5c4)c3)c3ccccc32)cc(C(C)(C)C)c1. The maximum Gasteiger partial charge on any atom is 0.137 e. The summed E-state index contributed by atoms with van der Waals surface area (Å²) in [6, 6.07) is 39.3. The molecule has 5 nitrogen and oxygen atoms in total. The van der Waals surface area contributed by atoms with Crippen LogP contribution in [0.5, 0.6) is 11.5 Å². The van der Waals surface area contributed by atoms with Gasteiger partial charge in [-0.1, -0.05) is 98.7 Å². The van der Waals surface area contributed by atoms with Gasteiger partial charge in [-0.2, -0.15) is 0 Å². The molecule has 0 N–H and O–H groups in total. The van der Waals surface area contributed by atoms with Gasteiger partial charge < -0.3 is 14.5 Å². The molecule has 0 atom stereocenters. The number of hydrogen-bond acceptors (Lipinski definition) is 4. The highest BCUT2D eigenvalue weighted by molar-refractivity contribution is 6.09. The van der Waals surface area contributed by atoms with Crippen LogP contribution < -0.4 is 14.5 Å². The number of halogens is 1. The highest BCUT2D eigenvalue weighted by Gasteiger charge is 2.28. The van der Waals surface area contributed by atoms with Crippen molar-refractivity contribution in [2.24, 2.45) is 0 Å². The minimum Gasteiger partial charge on any atom is -0.457 e. The zero-order chi connectivity index (χ0) is 38.9. The summed E-state index contributed by atoms with van der Waals surface area (Å²) in [5, 5.41) is 1.78. The number of rotatable bonds is 6. The van der Waals surface area contributed by atoms with Crippen LogP contribution in [-0.2, 0) is 22.8 Å². The van der Waals surface area contributed by atoms with E-state index in [9.17, 15) is 4.39 Å². The first-order chi connectivity index (χ1) is 26.0. The minimum atomic E-state index is -0.268. The lowest BCUT2D eigenvalue weighted by molar-refractivity contribution is 0.483. The average Bonchev–Trinajstić information content (AvgIpc) is 3.65. The standard InChI is InChI=1S/C49H51FN4O/c1-47(2,3)33-21-22-51-46(26-33)54-42-20-17-36(50)27-41(42)40-19-18-39(29-45(40)54)55-38-14-12-13-37(28-38)53-31-52(43-15-10-11-16-44(43)53)30-32-23-34(48(4,5)6)25-35(24-32)49(7,8)9/h10-29H,30-31H2,1-9H3. The van der Waals surface area contributed by atoms with Gasteiger partial charge in [0.1, 0.15) is 23.1 Å². The second-order valence-corrected chi connectivity index (χ2v) is 18.1. The molecule has 0 amide bonds. The summed E-state index contributed by atoms with van der Waals surface area (Å²) in [4.78, 5) is 9.62. The normalized spacial score (nSPS) is 13.6. The van der Waals surface area contributed by atoms with Crippen LogP contribution >= 0.6 is 0 Å². The first-order valence-electron chi connectivity index (χ1n) is 19.3. The van der Waals surface area contributed by atoms with Crippen LogP contribution in [0.15, 0.2) is 121 Å². The fraction of sp³-hybridized carbons (Fsp3) is 0.286. The van der Waals surface area contributed by atoms with E-state index in [1.165, 1.54) is 39.7 Å². The third-order valence-corrected chi connectivity index (χ3v) is 10.8. The van der Waals surface area contributed by atoms with Crippen molar-refractivity contribution in [2.75, 3.05) is 16.5 Å². The highest BCUT2D eigenvalue weighted by Crippen LogP contribution is 2.43. The monoisotopic (exact) mass is 730 g/mol. The number of hydrogen-bond donors (Lipinski definition) is 0. The van der Waals surface area contributed by atoms with Crippen molar-refractivity contribution < 1.29 is 9.13 Å². The van der Waals surface area contributed by atoms with Crippen molar-refractivity contribution in [3.63, 3.8) is 0 Å². The summed E-state index contributed by atoms with van der Waals surface area (Å²) in [5.74, 6) is 1.95. The number of aromatic nitrogens is 2. The fourth-order valence-corrected chi connectivity index (χ4v) is 7.65. The number of benzene rings is 5. The largest absolute Gasteiger partial charge is 0.457 e. The van der Waals surface area contributed by atoms with Gasteiger partial charge >= 0.3 is 0 Å². The van der Waals surface area contributed by atoms with E-state index in [1.54, 1.807) is 6.07 Å². The van der Waals surface area contributed by atoms with Gasteiger partial charge in [0.2, 0.25) is 0 Å². The van der Waals surface area contributed by atoms with Crippen LogP contribution in [0.2, 0.25) is 0 Å². The molecule has 3 heterocycles. The summed E-state index contributed by atoms with van der Waals surface area (Å²) >= 11 is 0.